The number of benzene rings is 2. The molecule has 1 unspecified atom stereocenters. The van der Waals surface area contributed by atoms with Crippen LogP contribution < -0.4 is 10.5 Å². The van der Waals surface area contributed by atoms with E-state index in [0.29, 0.717) is 23.8 Å². The number of nitrogens with two attached hydrogens (primary N) is 1. The monoisotopic (exact) mass is 418 g/mol. The van der Waals surface area contributed by atoms with Crippen molar-refractivity contribution in [3.05, 3.63) is 78.8 Å². The zero-order chi connectivity index (χ0) is 21.8. The van der Waals surface area contributed by atoms with E-state index in [0.717, 1.165) is 30.7 Å². The van der Waals surface area contributed by atoms with Gasteiger partial charge in [-0.15, -0.1) is 0 Å². The van der Waals surface area contributed by atoms with E-state index >= 15 is 0 Å². The van der Waals surface area contributed by atoms with Gasteiger partial charge in [-0.3, -0.25) is 9.69 Å². The topological polar surface area (TPSA) is 104 Å². The number of piperidine rings is 1. The second-order valence-corrected chi connectivity index (χ2v) is 7.63. The van der Waals surface area contributed by atoms with Crippen molar-refractivity contribution >= 4 is 5.91 Å². The molecule has 160 valence electrons. The molecular formula is C24H26N4O3. The largest absolute Gasteiger partial charge is 0.457 e. The lowest BCUT2D eigenvalue weighted by Crippen LogP contribution is -2.41. The molecule has 1 fully saturated rings. The van der Waals surface area contributed by atoms with Gasteiger partial charge in [-0.1, -0.05) is 24.8 Å². The van der Waals surface area contributed by atoms with Gasteiger partial charge in [0, 0.05) is 24.6 Å². The third kappa shape index (κ3) is 4.68. The summed E-state index contributed by atoms with van der Waals surface area (Å²) < 4.78 is 5.83. The Kier molecular flexibility index (Phi) is 6.16. The Balaban J connectivity index is 1.57. The molecule has 0 spiro atoms. The number of aromatic amines is 1. The van der Waals surface area contributed by atoms with Gasteiger partial charge in [0.05, 0.1) is 0 Å². The average molecular weight is 418 g/mol. The van der Waals surface area contributed by atoms with Gasteiger partial charge < -0.3 is 20.6 Å². The van der Waals surface area contributed by atoms with E-state index in [1.54, 1.807) is 0 Å². The average Bonchev–Trinajstić information content (AvgIpc) is 3.26. The minimum Gasteiger partial charge on any atom is -0.457 e. The summed E-state index contributed by atoms with van der Waals surface area (Å²) in [6.07, 6.45) is 2.66. The Labute approximate surface area is 181 Å². The van der Waals surface area contributed by atoms with Crippen LogP contribution in [-0.4, -0.2) is 45.2 Å². The van der Waals surface area contributed by atoms with Gasteiger partial charge in [0.2, 0.25) is 0 Å². The van der Waals surface area contributed by atoms with Crippen LogP contribution in [0.5, 0.6) is 11.5 Å². The molecule has 7 nitrogen and oxygen atoms in total. The molecule has 1 saturated heterocycles. The first-order valence-electron chi connectivity index (χ1n) is 10.3. The molecule has 31 heavy (non-hydrogen) atoms. The first-order valence-corrected chi connectivity index (χ1v) is 10.3. The van der Waals surface area contributed by atoms with Gasteiger partial charge in [-0.05, 0) is 55.3 Å². The Morgan fingerprint density at radius 2 is 1.94 bits per heavy atom. The number of aliphatic hydroxyl groups excluding tert-OH is 1. The van der Waals surface area contributed by atoms with E-state index in [2.05, 4.69) is 11.6 Å². The summed E-state index contributed by atoms with van der Waals surface area (Å²) in [5.41, 5.74) is 7.21. The van der Waals surface area contributed by atoms with Gasteiger partial charge in [0.15, 0.2) is 0 Å². The number of nitrogens with one attached hydrogen (secondary N) is 1. The van der Waals surface area contributed by atoms with Crippen molar-refractivity contribution in [3.63, 3.8) is 0 Å². The summed E-state index contributed by atoms with van der Waals surface area (Å²) in [7, 11) is 0. The molecule has 2 aromatic carbocycles. The van der Waals surface area contributed by atoms with Crippen molar-refractivity contribution in [2.45, 2.75) is 25.0 Å². The summed E-state index contributed by atoms with van der Waals surface area (Å²) >= 11 is 0. The van der Waals surface area contributed by atoms with Gasteiger partial charge in [0.1, 0.15) is 34.9 Å². The lowest BCUT2D eigenvalue weighted by Gasteiger charge is -2.33. The summed E-state index contributed by atoms with van der Waals surface area (Å²) in [5.74, 6) is 1.65. The van der Waals surface area contributed by atoms with E-state index in [1.807, 2.05) is 59.5 Å². The van der Waals surface area contributed by atoms with Crippen molar-refractivity contribution in [3.8, 4) is 22.8 Å². The van der Waals surface area contributed by atoms with Crippen molar-refractivity contribution in [2.24, 2.45) is 5.73 Å². The molecule has 2 heterocycles. The Bertz CT molecular complexity index is 1050. The molecule has 1 amide bonds. The fourth-order valence-electron chi connectivity index (χ4n) is 3.90. The number of aromatic nitrogens is 2. The highest BCUT2D eigenvalue weighted by atomic mass is 16.5. The molecular weight excluding hydrogens is 392 g/mol. The van der Waals surface area contributed by atoms with Crippen molar-refractivity contribution in [2.75, 3.05) is 13.1 Å². The lowest BCUT2D eigenvalue weighted by molar-refractivity contribution is 0.0214. The van der Waals surface area contributed by atoms with Crippen LogP contribution in [0.3, 0.4) is 0 Å². The number of amides is 1. The van der Waals surface area contributed by atoms with Gasteiger partial charge in [-0.25, -0.2) is 4.98 Å². The quantitative estimate of drug-likeness (QED) is 0.508. The Morgan fingerprint density at radius 3 is 2.61 bits per heavy atom. The number of hydrogen-bond donors (Lipinski definition) is 3. The number of ether oxygens (including phenoxy) is 1. The highest BCUT2D eigenvalue weighted by molar-refractivity contribution is 5.97. The number of H-pyrrole nitrogens is 1. The maximum atomic E-state index is 12.1. The zero-order valence-electron chi connectivity index (χ0n) is 17.2. The highest BCUT2D eigenvalue weighted by Gasteiger charge is 2.28. The molecule has 0 aliphatic carbocycles. The smallest absolute Gasteiger partial charge is 0.267 e. The fourth-order valence-corrected chi connectivity index (χ4v) is 3.90. The highest BCUT2D eigenvalue weighted by Crippen LogP contribution is 2.31. The number of primary amides is 1. The molecule has 1 aliphatic heterocycles. The molecule has 0 bridgehead atoms. The third-order valence-corrected chi connectivity index (χ3v) is 5.50. The molecule has 3 aromatic rings. The van der Waals surface area contributed by atoms with E-state index in [1.165, 1.54) is 6.08 Å². The zero-order valence-corrected chi connectivity index (χ0v) is 17.2. The van der Waals surface area contributed by atoms with Crippen LogP contribution in [-0.2, 0) is 0 Å². The number of hydrogen-bond acceptors (Lipinski definition) is 5. The summed E-state index contributed by atoms with van der Waals surface area (Å²) in [6.45, 7) is 5.08. The maximum absolute atomic E-state index is 12.1. The molecule has 7 heteroatoms. The standard InChI is InChI=1S/C24H26N4O3/c1-2-20(29)28-14-6-7-17(15-28)24-26-21(22(27-24)23(25)30)16-10-12-19(13-11-16)31-18-8-4-3-5-9-18/h2-5,8-13,17,20,29H,1,6-7,14-15H2,(H2,25,30)(H,26,27)/t17-,20?/m1/s1. The predicted octanol–water partition coefficient (Wildman–Crippen LogP) is 3.65. The van der Waals surface area contributed by atoms with Crippen molar-refractivity contribution in [1.82, 2.24) is 14.9 Å². The van der Waals surface area contributed by atoms with Crippen LogP contribution in [0.2, 0.25) is 0 Å². The third-order valence-electron chi connectivity index (χ3n) is 5.50. The van der Waals surface area contributed by atoms with Gasteiger partial charge in [-0.2, -0.15) is 0 Å². The van der Waals surface area contributed by atoms with E-state index in [9.17, 15) is 9.90 Å². The molecule has 2 atom stereocenters. The molecule has 4 N–H and O–H groups in total. The second-order valence-electron chi connectivity index (χ2n) is 7.63. The van der Waals surface area contributed by atoms with E-state index in [4.69, 9.17) is 15.5 Å². The Hall–Kier alpha value is -3.42. The summed E-state index contributed by atoms with van der Waals surface area (Å²) in [6, 6.07) is 16.9. The van der Waals surface area contributed by atoms with Crippen LogP contribution in [0, 0.1) is 0 Å². The van der Waals surface area contributed by atoms with Crippen LogP contribution >= 0.6 is 0 Å². The first kappa shape index (κ1) is 20.8. The van der Waals surface area contributed by atoms with Crippen LogP contribution in [0.4, 0.5) is 0 Å². The number of rotatable bonds is 7. The first-order chi connectivity index (χ1) is 15.0. The normalized spacial score (nSPS) is 17.8. The Morgan fingerprint density at radius 1 is 1.23 bits per heavy atom. The maximum Gasteiger partial charge on any atom is 0.267 e. The number of aliphatic hydroxyl groups is 1. The minimum absolute atomic E-state index is 0.0656. The fraction of sp³-hybridized carbons (Fsp3) is 0.250. The van der Waals surface area contributed by atoms with Crippen LogP contribution in [0.25, 0.3) is 11.3 Å². The summed E-state index contributed by atoms with van der Waals surface area (Å²) in [4.78, 5) is 21.9. The van der Waals surface area contributed by atoms with Gasteiger partial charge >= 0.3 is 0 Å². The number of imidazole rings is 1. The van der Waals surface area contributed by atoms with E-state index < -0.39 is 12.1 Å². The lowest BCUT2D eigenvalue weighted by atomic mass is 9.97. The number of nitrogens with zero attached hydrogens (tertiary/aromatic N) is 2. The van der Waals surface area contributed by atoms with Crippen LogP contribution in [0.1, 0.15) is 35.1 Å². The molecule has 4 rings (SSSR count). The number of para-hydroxylation sites is 1. The molecule has 1 aliphatic rings. The number of carbonyl (C=O) groups excluding carboxylic acids is 1. The van der Waals surface area contributed by atoms with Crippen LogP contribution in [0.15, 0.2) is 67.3 Å². The molecule has 0 radical (unpaired) electrons. The van der Waals surface area contributed by atoms with Crippen molar-refractivity contribution in [1.29, 1.82) is 0 Å². The molecule has 0 saturated carbocycles. The summed E-state index contributed by atoms with van der Waals surface area (Å²) in [5, 5.41) is 10.1. The van der Waals surface area contributed by atoms with E-state index in [-0.39, 0.29) is 11.6 Å². The second kappa shape index (κ2) is 9.16. The van der Waals surface area contributed by atoms with Gasteiger partial charge in [0.25, 0.3) is 5.91 Å². The minimum atomic E-state index is -0.690. The number of likely N-dealkylation sites (tertiary alicyclic amines) is 1. The SMILES string of the molecule is C=CC(O)N1CCC[C@@H](c2nc(-c3ccc(Oc4ccccc4)cc3)c(C(N)=O)[nH]2)C1. The molecule has 1 aromatic heterocycles. The van der Waals surface area contributed by atoms with Crippen molar-refractivity contribution < 1.29 is 14.6 Å². The number of carbonyl (C=O) groups is 1. The predicted molar refractivity (Wildman–Crippen MR) is 119 cm³/mol.